The smallest absolute Gasteiger partial charge is 0.349 e. The summed E-state index contributed by atoms with van der Waals surface area (Å²) in [5.41, 5.74) is 4.03. The summed E-state index contributed by atoms with van der Waals surface area (Å²) < 4.78 is 7.13. The molecule has 0 unspecified atom stereocenters. The number of amides is 1. The number of hydrogen-bond acceptors (Lipinski definition) is 4. The third-order valence-corrected chi connectivity index (χ3v) is 4.90. The van der Waals surface area contributed by atoms with Crippen LogP contribution in [0.15, 0.2) is 29.8 Å². The Morgan fingerprint density at radius 2 is 2.00 bits per heavy atom. The van der Waals surface area contributed by atoms with E-state index in [0.717, 1.165) is 35.5 Å². The molecule has 0 fully saturated rings. The molecular formula is C22H24ClN3O3. The van der Waals surface area contributed by atoms with E-state index in [1.165, 1.54) is 6.08 Å². The minimum Gasteiger partial charge on any atom is -0.451 e. The Balaban J connectivity index is 2.03. The van der Waals surface area contributed by atoms with Crippen LogP contribution in [-0.2, 0) is 20.9 Å². The molecule has 0 radical (unpaired) electrons. The summed E-state index contributed by atoms with van der Waals surface area (Å²) in [6.45, 7) is 8.22. The predicted molar refractivity (Wildman–Crippen MR) is 114 cm³/mol. The summed E-state index contributed by atoms with van der Waals surface area (Å²) in [6, 6.07) is 8.86. The summed E-state index contributed by atoms with van der Waals surface area (Å²) >= 11 is 6.03. The molecule has 6 nitrogen and oxygen atoms in total. The number of halogens is 1. The summed E-state index contributed by atoms with van der Waals surface area (Å²) in [6.07, 6.45) is 2.47. The number of nitrogens with one attached hydrogen (secondary N) is 1. The van der Waals surface area contributed by atoms with Gasteiger partial charge in [-0.15, -0.1) is 0 Å². The van der Waals surface area contributed by atoms with Crippen LogP contribution in [0.2, 0.25) is 5.02 Å². The van der Waals surface area contributed by atoms with Crippen molar-refractivity contribution in [2.24, 2.45) is 0 Å². The van der Waals surface area contributed by atoms with Crippen molar-refractivity contribution in [3.63, 3.8) is 0 Å². The minimum absolute atomic E-state index is 0.159. The first-order valence-corrected chi connectivity index (χ1v) is 9.66. The zero-order chi connectivity index (χ0) is 21.6. The van der Waals surface area contributed by atoms with E-state index in [1.54, 1.807) is 18.2 Å². The molecule has 0 saturated carbocycles. The Kier molecular flexibility index (Phi) is 7.63. The van der Waals surface area contributed by atoms with Crippen LogP contribution in [0.1, 0.15) is 35.9 Å². The maximum atomic E-state index is 12.2. The SMILES string of the molecule is CCCn1c(C)cc(/C=C(\C#N)C(=O)OCC(=O)Nc2ccc(C)c(Cl)c2)c1C. The van der Waals surface area contributed by atoms with Crippen molar-refractivity contribution in [3.05, 3.63) is 57.4 Å². The van der Waals surface area contributed by atoms with Crippen molar-refractivity contribution < 1.29 is 14.3 Å². The van der Waals surface area contributed by atoms with E-state index in [2.05, 4.69) is 16.8 Å². The number of benzene rings is 1. The van der Waals surface area contributed by atoms with Gasteiger partial charge in [-0.2, -0.15) is 5.26 Å². The Labute approximate surface area is 175 Å². The first-order valence-electron chi connectivity index (χ1n) is 9.28. The lowest BCUT2D eigenvalue weighted by Crippen LogP contribution is -2.21. The van der Waals surface area contributed by atoms with Gasteiger partial charge in [0.05, 0.1) is 0 Å². The van der Waals surface area contributed by atoms with Gasteiger partial charge in [-0.05, 0) is 62.6 Å². The highest BCUT2D eigenvalue weighted by molar-refractivity contribution is 6.31. The summed E-state index contributed by atoms with van der Waals surface area (Å²) in [5.74, 6) is -1.36. The molecule has 152 valence electrons. The van der Waals surface area contributed by atoms with Gasteiger partial charge in [0.2, 0.25) is 0 Å². The minimum atomic E-state index is -0.843. The number of anilines is 1. The van der Waals surface area contributed by atoms with Crippen LogP contribution in [0.5, 0.6) is 0 Å². The second-order valence-electron chi connectivity index (χ2n) is 6.74. The van der Waals surface area contributed by atoms with E-state index < -0.39 is 18.5 Å². The number of carbonyl (C=O) groups excluding carboxylic acids is 2. The summed E-state index contributed by atoms with van der Waals surface area (Å²) in [4.78, 5) is 24.3. The molecule has 0 spiro atoms. The van der Waals surface area contributed by atoms with Crippen molar-refractivity contribution in [2.75, 3.05) is 11.9 Å². The molecule has 1 N–H and O–H groups in total. The van der Waals surface area contributed by atoms with Gasteiger partial charge in [-0.1, -0.05) is 24.6 Å². The van der Waals surface area contributed by atoms with Crippen molar-refractivity contribution in [3.8, 4) is 6.07 Å². The number of aromatic nitrogens is 1. The monoisotopic (exact) mass is 413 g/mol. The zero-order valence-electron chi connectivity index (χ0n) is 17.0. The van der Waals surface area contributed by atoms with Gasteiger partial charge in [0.15, 0.2) is 6.61 Å². The fraction of sp³-hybridized carbons (Fsp3) is 0.318. The average molecular weight is 414 g/mol. The van der Waals surface area contributed by atoms with Gasteiger partial charge in [0, 0.05) is 28.6 Å². The molecule has 1 aromatic carbocycles. The van der Waals surface area contributed by atoms with Crippen molar-refractivity contribution >= 4 is 35.2 Å². The Morgan fingerprint density at radius 1 is 1.28 bits per heavy atom. The Hall–Kier alpha value is -3.04. The number of nitriles is 1. The van der Waals surface area contributed by atoms with Crippen LogP contribution >= 0.6 is 11.6 Å². The van der Waals surface area contributed by atoms with Crippen LogP contribution < -0.4 is 5.32 Å². The van der Waals surface area contributed by atoms with Gasteiger partial charge in [-0.3, -0.25) is 4.79 Å². The number of carbonyl (C=O) groups is 2. The number of esters is 1. The molecular weight excluding hydrogens is 390 g/mol. The van der Waals surface area contributed by atoms with Crippen molar-refractivity contribution in [2.45, 2.75) is 40.7 Å². The normalized spacial score (nSPS) is 11.1. The largest absolute Gasteiger partial charge is 0.451 e. The van der Waals surface area contributed by atoms with E-state index in [9.17, 15) is 14.9 Å². The standard InChI is InChI=1S/C22H24ClN3O3/c1-5-8-26-15(3)9-17(16(26)4)10-18(12-24)22(28)29-13-21(27)25-19-7-6-14(2)20(23)11-19/h6-7,9-11H,5,8,13H2,1-4H3,(H,25,27)/b18-10+. The van der Waals surface area contributed by atoms with Gasteiger partial charge < -0.3 is 14.6 Å². The van der Waals surface area contributed by atoms with Crippen LogP contribution in [0, 0.1) is 32.1 Å². The number of ether oxygens (including phenoxy) is 1. The predicted octanol–water partition coefficient (Wildman–Crippen LogP) is 4.57. The van der Waals surface area contributed by atoms with Crippen LogP contribution in [0.3, 0.4) is 0 Å². The van der Waals surface area contributed by atoms with Gasteiger partial charge in [0.1, 0.15) is 11.6 Å². The first kappa shape index (κ1) is 22.3. The van der Waals surface area contributed by atoms with E-state index in [0.29, 0.717) is 10.7 Å². The molecule has 1 amide bonds. The van der Waals surface area contributed by atoms with Crippen LogP contribution in [0.25, 0.3) is 6.08 Å². The molecule has 2 aromatic rings. The maximum Gasteiger partial charge on any atom is 0.349 e. The first-order chi connectivity index (χ1) is 13.8. The number of aryl methyl sites for hydroxylation is 2. The molecule has 1 aromatic heterocycles. The quantitative estimate of drug-likeness (QED) is 0.409. The van der Waals surface area contributed by atoms with Crippen molar-refractivity contribution in [1.29, 1.82) is 5.26 Å². The summed E-state index contributed by atoms with van der Waals surface area (Å²) in [5, 5.41) is 12.5. The molecule has 0 aliphatic rings. The molecule has 29 heavy (non-hydrogen) atoms. The molecule has 0 atom stereocenters. The second-order valence-corrected chi connectivity index (χ2v) is 7.14. The lowest BCUT2D eigenvalue weighted by atomic mass is 10.1. The lowest BCUT2D eigenvalue weighted by Gasteiger charge is -2.08. The third-order valence-electron chi connectivity index (χ3n) is 4.49. The third kappa shape index (κ3) is 5.72. The van der Waals surface area contributed by atoms with Gasteiger partial charge >= 0.3 is 5.97 Å². The highest BCUT2D eigenvalue weighted by Gasteiger charge is 2.15. The molecule has 2 rings (SSSR count). The topological polar surface area (TPSA) is 84.1 Å². The van der Waals surface area contributed by atoms with Gasteiger partial charge in [-0.25, -0.2) is 4.79 Å². The zero-order valence-corrected chi connectivity index (χ0v) is 17.8. The lowest BCUT2D eigenvalue weighted by molar-refractivity contribution is -0.142. The van der Waals surface area contributed by atoms with Gasteiger partial charge in [0.25, 0.3) is 5.91 Å². The molecule has 0 saturated heterocycles. The highest BCUT2D eigenvalue weighted by Crippen LogP contribution is 2.20. The van der Waals surface area contributed by atoms with Crippen LogP contribution in [0.4, 0.5) is 5.69 Å². The van der Waals surface area contributed by atoms with Crippen LogP contribution in [-0.4, -0.2) is 23.1 Å². The molecule has 0 bridgehead atoms. The number of rotatable bonds is 7. The van der Waals surface area contributed by atoms with E-state index >= 15 is 0 Å². The van der Waals surface area contributed by atoms with E-state index in [4.69, 9.17) is 16.3 Å². The molecule has 0 aliphatic heterocycles. The Bertz CT molecular complexity index is 999. The van der Waals surface area contributed by atoms with E-state index in [1.807, 2.05) is 32.9 Å². The summed E-state index contributed by atoms with van der Waals surface area (Å²) in [7, 11) is 0. The molecule has 7 heteroatoms. The fourth-order valence-electron chi connectivity index (χ4n) is 2.91. The van der Waals surface area contributed by atoms with Crippen molar-refractivity contribution in [1.82, 2.24) is 4.57 Å². The highest BCUT2D eigenvalue weighted by atomic mass is 35.5. The average Bonchev–Trinajstić information content (AvgIpc) is 2.94. The molecule has 1 heterocycles. The Morgan fingerprint density at radius 3 is 2.62 bits per heavy atom. The number of nitrogens with zero attached hydrogens (tertiary/aromatic N) is 2. The number of hydrogen-bond donors (Lipinski definition) is 1. The second kappa shape index (κ2) is 9.94. The fourth-order valence-corrected chi connectivity index (χ4v) is 3.09. The molecule has 0 aliphatic carbocycles. The maximum absolute atomic E-state index is 12.2. The van der Waals surface area contributed by atoms with E-state index in [-0.39, 0.29) is 5.57 Å².